The van der Waals surface area contributed by atoms with Gasteiger partial charge in [0, 0.05) is 36.2 Å². The highest BCUT2D eigenvalue weighted by molar-refractivity contribution is 7.92. The zero-order valence-corrected chi connectivity index (χ0v) is 23.3. The van der Waals surface area contributed by atoms with Gasteiger partial charge in [-0.2, -0.15) is 0 Å². The first-order valence-corrected chi connectivity index (χ1v) is 14.8. The van der Waals surface area contributed by atoms with E-state index in [0.717, 1.165) is 6.07 Å². The number of aliphatic hydroxyl groups is 1. The molecule has 2 bridgehead atoms. The summed E-state index contributed by atoms with van der Waals surface area (Å²) in [6.07, 6.45) is 0.975. The summed E-state index contributed by atoms with van der Waals surface area (Å²) in [5.41, 5.74) is 8.99. The molecule has 2 aliphatic rings. The van der Waals surface area contributed by atoms with Crippen LogP contribution >= 0.6 is 11.6 Å². The van der Waals surface area contributed by atoms with Crippen LogP contribution in [0.25, 0.3) is 0 Å². The van der Waals surface area contributed by atoms with Crippen LogP contribution in [0.4, 0.5) is 18.9 Å². The van der Waals surface area contributed by atoms with E-state index in [1.54, 1.807) is 0 Å². The number of carbonyl (C=O) groups is 3. The van der Waals surface area contributed by atoms with Crippen molar-refractivity contribution in [2.75, 3.05) is 5.32 Å². The van der Waals surface area contributed by atoms with Crippen LogP contribution in [0.3, 0.4) is 0 Å². The van der Waals surface area contributed by atoms with Gasteiger partial charge in [-0.15, -0.1) is 0 Å². The molecule has 2 aromatic carbocycles. The molecule has 41 heavy (non-hydrogen) atoms. The van der Waals surface area contributed by atoms with Crippen molar-refractivity contribution in [3.8, 4) is 0 Å². The van der Waals surface area contributed by atoms with E-state index < -0.39 is 73.6 Å². The highest BCUT2D eigenvalue weighted by Gasteiger charge is 2.55. The number of hydrogen-bond donors (Lipinski definition) is 4. The van der Waals surface area contributed by atoms with E-state index >= 15 is 0 Å². The fourth-order valence-corrected chi connectivity index (χ4v) is 8.39. The molecule has 9 nitrogen and oxygen atoms in total. The fraction of sp³-hybridized carbons (Fsp3) is 0.444. The summed E-state index contributed by atoms with van der Waals surface area (Å²) < 4.78 is 67.7. The van der Waals surface area contributed by atoms with Gasteiger partial charge in [0.25, 0.3) is 5.91 Å². The molecule has 3 unspecified atom stereocenters. The Labute approximate surface area is 239 Å². The summed E-state index contributed by atoms with van der Waals surface area (Å²) >= 11 is 6.24. The number of fused-ring (bicyclic) bond motifs is 2. The molecular weight excluding hydrogens is 587 g/mol. The van der Waals surface area contributed by atoms with Gasteiger partial charge in [0.15, 0.2) is 27.3 Å². The number of ketones is 1. The average molecular weight is 616 g/mol. The summed E-state index contributed by atoms with van der Waals surface area (Å²) in [7, 11) is -4.11. The van der Waals surface area contributed by atoms with E-state index in [1.165, 1.54) is 12.1 Å². The van der Waals surface area contributed by atoms with Crippen LogP contribution in [0.1, 0.15) is 55.3 Å². The van der Waals surface area contributed by atoms with Crippen molar-refractivity contribution in [1.82, 2.24) is 0 Å². The minimum atomic E-state index is -4.11. The average Bonchev–Trinajstić information content (AvgIpc) is 3.05. The molecule has 0 spiro atoms. The highest BCUT2D eigenvalue weighted by Crippen LogP contribution is 2.54. The lowest BCUT2D eigenvalue weighted by Crippen LogP contribution is -2.48. The molecule has 2 saturated carbocycles. The monoisotopic (exact) mass is 615 g/mol. The van der Waals surface area contributed by atoms with Gasteiger partial charge < -0.3 is 21.9 Å². The Morgan fingerprint density at radius 2 is 1.66 bits per heavy atom. The molecule has 222 valence electrons. The Balaban J connectivity index is 1.50. The van der Waals surface area contributed by atoms with Gasteiger partial charge in [0.05, 0.1) is 26.8 Å². The minimum Gasteiger partial charge on any atom is -0.389 e. The second-order valence-electron chi connectivity index (χ2n) is 10.7. The van der Waals surface area contributed by atoms with Gasteiger partial charge in [0.1, 0.15) is 5.78 Å². The molecule has 2 amide bonds. The van der Waals surface area contributed by atoms with Crippen molar-refractivity contribution in [1.29, 1.82) is 0 Å². The molecular formula is C27H29ClF3N3O6S. The number of sulfone groups is 1. The second-order valence-corrected chi connectivity index (χ2v) is 13.3. The summed E-state index contributed by atoms with van der Waals surface area (Å²) in [5.74, 6) is -7.60. The quantitative estimate of drug-likeness (QED) is 0.297. The molecule has 2 fully saturated rings. The Morgan fingerprint density at radius 3 is 2.22 bits per heavy atom. The van der Waals surface area contributed by atoms with Gasteiger partial charge in [-0.05, 0) is 62.1 Å². The van der Waals surface area contributed by atoms with Crippen molar-refractivity contribution in [3.05, 3.63) is 58.4 Å². The minimum absolute atomic E-state index is 0.0708. The standard InChI is InChI=1S/C27H29ClF3N3O6S/c28-18-4-1-13(26(37)34-16-10-19(29)25(31)20(30)11-16)7-23(18)41(39,40)17-8-14-2-3-15(9-17)27(14,38)6-5-22(35)21(32)12-24(33)36/h1,4,7,10-11,14-15,17,21,38H,2-3,5-6,8-9,12,32H2,(H2,33,36)(H,34,37)/t14-,15?,17?,21-,27?/m0/s1. The first-order chi connectivity index (χ1) is 19.1. The predicted molar refractivity (Wildman–Crippen MR) is 143 cm³/mol. The SMILES string of the molecule is NC(=O)C[C@H](N)C(=O)CCC1(O)C2CC[C@H]1CC(S(=O)(=O)c1cc(C(=O)Nc3cc(F)c(F)c(F)c3)ccc1Cl)C2. The van der Waals surface area contributed by atoms with E-state index in [4.69, 9.17) is 23.1 Å². The Bertz CT molecular complexity index is 1470. The second kappa shape index (κ2) is 11.7. The van der Waals surface area contributed by atoms with Crippen molar-refractivity contribution in [3.63, 3.8) is 0 Å². The summed E-state index contributed by atoms with van der Waals surface area (Å²) in [6.45, 7) is 0. The highest BCUT2D eigenvalue weighted by atomic mass is 35.5. The number of nitrogens with two attached hydrogens (primary N) is 2. The number of benzene rings is 2. The third-order valence-electron chi connectivity index (χ3n) is 8.16. The molecule has 0 aliphatic heterocycles. The lowest BCUT2D eigenvalue weighted by molar-refractivity contribution is -0.127. The number of anilines is 1. The molecule has 5 atom stereocenters. The van der Waals surface area contributed by atoms with Gasteiger partial charge in [-0.25, -0.2) is 21.6 Å². The van der Waals surface area contributed by atoms with Gasteiger partial charge in [0.2, 0.25) is 5.91 Å². The van der Waals surface area contributed by atoms with Crippen molar-refractivity contribution in [2.24, 2.45) is 23.3 Å². The fourth-order valence-electron chi connectivity index (χ4n) is 5.98. The maximum absolute atomic E-state index is 13.7. The topological polar surface area (TPSA) is 170 Å². The Hall–Kier alpha value is -3.00. The molecule has 0 radical (unpaired) electrons. The Kier molecular flexibility index (Phi) is 8.84. The van der Waals surface area contributed by atoms with E-state index in [2.05, 4.69) is 5.32 Å². The molecule has 2 aromatic rings. The number of rotatable bonds is 10. The largest absolute Gasteiger partial charge is 0.389 e. The van der Waals surface area contributed by atoms with E-state index in [9.17, 15) is 41.1 Å². The number of nitrogens with one attached hydrogen (secondary N) is 1. The molecule has 4 rings (SSSR count). The zero-order valence-electron chi connectivity index (χ0n) is 21.7. The third-order valence-corrected chi connectivity index (χ3v) is 10.8. The molecule has 0 heterocycles. The van der Waals surface area contributed by atoms with Crippen molar-refractivity contribution in [2.45, 2.75) is 66.7 Å². The summed E-state index contributed by atoms with van der Waals surface area (Å²) in [6, 6.07) is 3.60. The van der Waals surface area contributed by atoms with Crippen LogP contribution in [0.15, 0.2) is 35.2 Å². The van der Waals surface area contributed by atoms with Gasteiger partial charge >= 0.3 is 0 Å². The number of Topliss-reactive ketones (excluding diaryl/α,β-unsaturated/α-hetero) is 1. The van der Waals surface area contributed by atoms with Crippen LogP contribution in [0, 0.1) is 29.3 Å². The predicted octanol–water partition coefficient (Wildman–Crippen LogP) is 3.25. The zero-order chi connectivity index (χ0) is 30.3. The van der Waals surface area contributed by atoms with Crippen LogP contribution in [-0.2, 0) is 19.4 Å². The van der Waals surface area contributed by atoms with Crippen LogP contribution in [-0.4, -0.2) is 48.0 Å². The smallest absolute Gasteiger partial charge is 0.255 e. The molecule has 14 heteroatoms. The number of halogens is 4. The van der Waals surface area contributed by atoms with Crippen molar-refractivity contribution >= 4 is 44.7 Å². The molecule has 2 aliphatic carbocycles. The van der Waals surface area contributed by atoms with E-state index in [0.29, 0.717) is 25.0 Å². The number of hydrogen-bond acceptors (Lipinski definition) is 7. The maximum atomic E-state index is 13.7. The first kappa shape index (κ1) is 30.9. The van der Waals surface area contributed by atoms with Crippen LogP contribution in [0.2, 0.25) is 5.02 Å². The van der Waals surface area contributed by atoms with Gasteiger partial charge in [-0.3, -0.25) is 14.4 Å². The third kappa shape index (κ3) is 6.27. The maximum Gasteiger partial charge on any atom is 0.255 e. The first-order valence-electron chi connectivity index (χ1n) is 12.9. The van der Waals surface area contributed by atoms with E-state index in [-0.39, 0.29) is 53.3 Å². The van der Waals surface area contributed by atoms with Gasteiger partial charge in [-0.1, -0.05) is 11.6 Å². The number of amides is 2. The summed E-state index contributed by atoms with van der Waals surface area (Å²) in [5, 5.41) is 12.6. The lowest BCUT2D eigenvalue weighted by Gasteiger charge is -2.42. The summed E-state index contributed by atoms with van der Waals surface area (Å²) in [4.78, 5) is 35.8. The molecule has 0 aromatic heterocycles. The van der Waals surface area contributed by atoms with Crippen LogP contribution in [0.5, 0.6) is 0 Å². The molecule has 6 N–H and O–H groups in total. The van der Waals surface area contributed by atoms with E-state index in [1.807, 2.05) is 0 Å². The Morgan fingerprint density at radius 1 is 1.07 bits per heavy atom. The molecule has 0 saturated heterocycles. The lowest BCUT2D eigenvalue weighted by atomic mass is 9.71. The van der Waals surface area contributed by atoms with Crippen molar-refractivity contribution < 1.29 is 41.1 Å². The normalized spacial score (nSPS) is 24.6. The number of carbonyl (C=O) groups excluding carboxylic acids is 3. The van der Waals surface area contributed by atoms with Crippen LogP contribution < -0.4 is 16.8 Å². The number of primary amides is 1.